The lowest BCUT2D eigenvalue weighted by atomic mass is 9.92. The van der Waals surface area contributed by atoms with Gasteiger partial charge in [-0.1, -0.05) is 36.4 Å². The molecular weight excluding hydrogens is 120 g/mol. The average molecular weight is 129 g/mol. The largest absolute Gasteiger partial charge is 0.0798 e. The molecule has 0 N–H and O–H groups in total. The SMILES string of the molecule is [CH]1CC=C1c1ccccc1. The van der Waals surface area contributed by atoms with Crippen LogP contribution in [-0.2, 0) is 0 Å². The molecule has 1 aliphatic rings. The number of hydrogen-bond acceptors (Lipinski definition) is 0. The van der Waals surface area contributed by atoms with Gasteiger partial charge < -0.3 is 0 Å². The van der Waals surface area contributed by atoms with E-state index in [1.165, 1.54) is 11.1 Å². The standard InChI is InChI=1S/C10H9/c1-2-5-9(6-3-1)10-7-4-8-10/h1-3,5-8H,4H2. The fourth-order valence-corrected chi connectivity index (χ4v) is 1.10. The first-order chi connectivity index (χ1) is 4.97. The normalized spacial score (nSPS) is 15.8. The zero-order valence-electron chi connectivity index (χ0n) is 5.75. The molecule has 0 nitrogen and oxygen atoms in total. The molecule has 0 heterocycles. The van der Waals surface area contributed by atoms with Gasteiger partial charge in [-0.05, 0) is 24.0 Å². The van der Waals surface area contributed by atoms with Gasteiger partial charge in [0, 0.05) is 0 Å². The van der Waals surface area contributed by atoms with Gasteiger partial charge in [-0.3, -0.25) is 0 Å². The van der Waals surface area contributed by atoms with Crippen LogP contribution < -0.4 is 0 Å². The van der Waals surface area contributed by atoms with Gasteiger partial charge in [0.2, 0.25) is 0 Å². The molecule has 0 fully saturated rings. The lowest BCUT2D eigenvalue weighted by Gasteiger charge is -2.13. The molecule has 0 atom stereocenters. The van der Waals surface area contributed by atoms with Crippen molar-refractivity contribution in [2.75, 3.05) is 0 Å². The second-order valence-electron chi connectivity index (χ2n) is 2.47. The van der Waals surface area contributed by atoms with E-state index in [-0.39, 0.29) is 0 Å². The molecule has 0 heteroatoms. The summed E-state index contributed by atoms with van der Waals surface area (Å²) in [4.78, 5) is 0. The van der Waals surface area contributed by atoms with Crippen molar-refractivity contribution in [1.29, 1.82) is 0 Å². The first kappa shape index (κ1) is 5.72. The molecule has 1 radical (unpaired) electrons. The number of benzene rings is 1. The number of hydrogen-bond donors (Lipinski definition) is 0. The summed E-state index contributed by atoms with van der Waals surface area (Å²) in [7, 11) is 0. The molecule has 2 rings (SSSR count). The predicted octanol–water partition coefficient (Wildman–Crippen LogP) is 2.68. The predicted molar refractivity (Wildman–Crippen MR) is 43.3 cm³/mol. The minimum atomic E-state index is 1.14. The van der Waals surface area contributed by atoms with Crippen LogP contribution in [0.4, 0.5) is 0 Å². The molecule has 0 saturated heterocycles. The van der Waals surface area contributed by atoms with E-state index in [0.717, 1.165) is 6.42 Å². The lowest BCUT2D eigenvalue weighted by Crippen LogP contribution is -1.92. The zero-order chi connectivity index (χ0) is 6.81. The minimum absolute atomic E-state index is 1.14. The first-order valence-corrected chi connectivity index (χ1v) is 3.55. The molecule has 1 aliphatic carbocycles. The maximum atomic E-state index is 2.25. The van der Waals surface area contributed by atoms with Crippen LogP contribution in [0.2, 0.25) is 0 Å². The number of allylic oxidation sites excluding steroid dienone is 2. The van der Waals surface area contributed by atoms with E-state index in [9.17, 15) is 0 Å². The Labute approximate surface area is 61.2 Å². The van der Waals surface area contributed by atoms with Gasteiger partial charge in [-0.2, -0.15) is 0 Å². The second-order valence-corrected chi connectivity index (χ2v) is 2.47. The molecule has 1 aromatic carbocycles. The fourth-order valence-electron chi connectivity index (χ4n) is 1.10. The van der Waals surface area contributed by atoms with Gasteiger partial charge in [0.05, 0.1) is 0 Å². The molecule has 0 unspecified atom stereocenters. The van der Waals surface area contributed by atoms with Crippen LogP contribution in [0.5, 0.6) is 0 Å². The maximum Gasteiger partial charge on any atom is -0.00525 e. The van der Waals surface area contributed by atoms with Crippen molar-refractivity contribution in [1.82, 2.24) is 0 Å². The molecule has 10 heavy (non-hydrogen) atoms. The third kappa shape index (κ3) is 0.860. The highest BCUT2D eigenvalue weighted by atomic mass is 14.1. The Morgan fingerprint density at radius 3 is 2.20 bits per heavy atom. The van der Waals surface area contributed by atoms with Crippen molar-refractivity contribution in [2.45, 2.75) is 6.42 Å². The molecule has 0 bridgehead atoms. The summed E-state index contributed by atoms with van der Waals surface area (Å²) in [5.74, 6) is 0. The summed E-state index contributed by atoms with van der Waals surface area (Å²) in [6, 6.07) is 10.5. The summed E-state index contributed by atoms with van der Waals surface area (Å²) in [6.07, 6.45) is 5.63. The van der Waals surface area contributed by atoms with Gasteiger partial charge in [-0.15, -0.1) is 0 Å². The van der Waals surface area contributed by atoms with Gasteiger partial charge in [0.1, 0.15) is 0 Å². The highest BCUT2D eigenvalue weighted by Gasteiger charge is 2.06. The Balaban J connectivity index is 2.34. The van der Waals surface area contributed by atoms with Gasteiger partial charge in [-0.25, -0.2) is 0 Å². The summed E-state index contributed by atoms with van der Waals surface area (Å²) in [5.41, 5.74) is 2.73. The Bertz CT molecular complexity index is 244. The highest BCUT2D eigenvalue weighted by Crippen LogP contribution is 2.26. The highest BCUT2D eigenvalue weighted by molar-refractivity contribution is 5.76. The van der Waals surface area contributed by atoms with E-state index >= 15 is 0 Å². The van der Waals surface area contributed by atoms with Crippen LogP contribution in [0.1, 0.15) is 12.0 Å². The Morgan fingerprint density at radius 1 is 1.00 bits per heavy atom. The summed E-state index contributed by atoms with van der Waals surface area (Å²) < 4.78 is 0. The topological polar surface area (TPSA) is 0 Å². The van der Waals surface area contributed by atoms with E-state index in [4.69, 9.17) is 0 Å². The van der Waals surface area contributed by atoms with Crippen LogP contribution in [0.25, 0.3) is 5.57 Å². The molecule has 0 saturated carbocycles. The third-order valence-electron chi connectivity index (χ3n) is 1.78. The first-order valence-electron chi connectivity index (χ1n) is 3.55. The van der Waals surface area contributed by atoms with Crippen LogP contribution in [0.3, 0.4) is 0 Å². The quantitative estimate of drug-likeness (QED) is 0.547. The van der Waals surface area contributed by atoms with Crippen molar-refractivity contribution >= 4 is 5.57 Å². The van der Waals surface area contributed by atoms with Crippen LogP contribution >= 0.6 is 0 Å². The molecule has 0 spiro atoms. The second kappa shape index (κ2) is 2.30. The molecule has 1 aromatic rings. The van der Waals surface area contributed by atoms with Crippen molar-refractivity contribution < 1.29 is 0 Å². The summed E-state index contributed by atoms with van der Waals surface area (Å²) >= 11 is 0. The molecule has 49 valence electrons. The van der Waals surface area contributed by atoms with Crippen LogP contribution in [-0.4, -0.2) is 0 Å². The molecule has 0 aromatic heterocycles. The number of rotatable bonds is 1. The van der Waals surface area contributed by atoms with Gasteiger partial charge in [0.15, 0.2) is 0 Å². The molecular formula is C10H9. The lowest BCUT2D eigenvalue weighted by molar-refractivity contribution is 1.21. The van der Waals surface area contributed by atoms with Gasteiger partial charge >= 0.3 is 0 Å². The van der Waals surface area contributed by atoms with Crippen LogP contribution in [0, 0.1) is 6.42 Å². The molecule has 0 aliphatic heterocycles. The van der Waals surface area contributed by atoms with E-state index in [1.54, 1.807) is 0 Å². The summed E-state index contributed by atoms with van der Waals surface area (Å²) in [5, 5.41) is 0. The fraction of sp³-hybridized carbons (Fsp3) is 0.100. The van der Waals surface area contributed by atoms with E-state index in [0.29, 0.717) is 0 Å². The van der Waals surface area contributed by atoms with Crippen molar-refractivity contribution in [3.8, 4) is 0 Å². The Hall–Kier alpha value is -1.04. The van der Waals surface area contributed by atoms with E-state index in [1.807, 2.05) is 6.07 Å². The van der Waals surface area contributed by atoms with Crippen molar-refractivity contribution in [2.24, 2.45) is 0 Å². The smallest absolute Gasteiger partial charge is 0.00525 e. The van der Waals surface area contributed by atoms with E-state index < -0.39 is 0 Å². The maximum absolute atomic E-state index is 2.25. The van der Waals surface area contributed by atoms with Crippen molar-refractivity contribution in [3.05, 3.63) is 48.4 Å². The third-order valence-corrected chi connectivity index (χ3v) is 1.78. The van der Waals surface area contributed by atoms with Crippen LogP contribution in [0.15, 0.2) is 36.4 Å². The monoisotopic (exact) mass is 129 g/mol. The minimum Gasteiger partial charge on any atom is -0.0798 e. The molecule has 0 amide bonds. The van der Waals surface area contributed by atoms with E-state index in [2.05, 4.69) is 36.8 Å². The van der Waals surface area contributed by atoms with Crippen molar-refractivity contribution in [3.63, 3.8) is 0 Å². The Morgan fingerprint density at radius 2 is 1.70 bits per heavy atom. The average Bonchev–Trinajstić information content (AvgIpc) is 1.86. The Kier molecular flexibility index (Phi) is 1.31. The summed E-state index contributed by atoms with van der Waals surface area (Å²) in [6.45, 7) is 0. The van der Waals surface area contributed by atoms with Gasteiger partial charge in [0.25, 0.3) is 0 Å². The zero-order valence-corrected chi connectivity index (χ0v) is 5.75.